The summed E-state index contributed by atoms with van der Waals surface area (Å²) in [5, 5.41) is 2.76. The highest BCUT2D eigenvalue weighted by atomic mass is 16.2. The lowest BCUT2D eigenvalue weighted by Crippen LogP contribution is -2.51. The first-order chi connectivity index (χ1) is 8.45. The van der Waals surface area contributed by atoms with E-state index in [0.29, 0.717) is 11.1 Å². The molecule has 6 nitrogen and oxygen atoms in total. The summed E-state index contributed by atoms with van der Waals surface area (Å²) in [4.78, 5) is 24.6. The number of carbonyl (C=O) groups excluding carboxylic acids is 2. The number of hydrogen-bond donors (Lipinski definition) is 2. The third-order valence-electron chi connectivity index (χ3n) is 3.13. The summed E-state index contributed by atoms with van der Waals surface area (Å²) in [6, 6.07) is 6.10. The summed E-state index contributed by atoms with van der Waals surface area (Å²) in [5.74, 6) is -0.466. The van der Waals surface area contributed by atoms with Crippen LogP contribution in [0, 0.1) is 0 Å². The number of hydrogen-bond acceptors (Lipinski definition) is 4. The molecule has 0 aliphatic carbocycles. The van der Waals surface area contributed by atoms with Gasteiger partial charge in [-0.05, 0) is 25.5 Å². The van der Waals surface area contributed by atoms with Crippen molar-refractivity contribution in [1.29, 1.82) is 0 Å². The Kier molecular flexibility index (Phi) is 4.28. The molecule has 1 unspecified atom stereocenters. The molecule has 1 aliphatic heterocycles. The number of carbonyl (C=O) groups is 2. The lowest BCUT2D eigenvalue weighted by Gasteiger charge is -2.33. The Balaban J connectivity index is 0.00000180. The summed E-state index contributed by atoms with van der Waals surface area (Å²) >= 11 is 0. The first-order valence-corrected chi connectivity index (χ1v) is 5.90. The van der Waals surface area contributed by atoms with Gasteiger partial charge in [0.25, 0.3) is 11.8 Å². The topological polar surface area (TPSA) is 102 Å². The zero-order chi connectivity index (χ0) is 13.4. The molecule has 1 aliphatic rings. The van der Waals surface area contributed by atoms with E-state index in [1.165, 1.54) is 10.0 Å². The fourth-order valence-corrected chi connectivity index (χ4v) is 2.24. The lowest BCUT2D eigenvalue weighted by atomic mass is 10.0. The van der Waals surface area contributed by atoms with E-state index < -0.39 is 6.04 Å². The lowest BCUT2D eigenvalue weighted by molar-refractivity contribution is -0.145. The molecular formula is C13H20N4O2. The Labute approximate surface area is 112 Å². The number of rotatable bonds is 1. The summed E-state index contributed by atoms with van der Waals surface area (Å²) in [6.07, 6.45) is 0. The maximum Gasteiger partial charge on any atom is 0.273 e. The van der Waals surface area contributed by atoms with Crippen molar-refractivity contribution in [3.05, 3.63) is 35.4 Å². The van der Waals surface area contributed by atoms with Crippen molar-refractivity contribution in [2.75, 3.05) is 7.05 Å². The van der Waals surface area contributed by atoms with Crippen molar-refractivity contribution in [2.45, 2.75) is 25.9 Å². The fourth-order valence-electron chi connectivity index (χ4n) is 2.24. The molecule has 1 aromatic rings. The van der Waals surface area contributed by atoms with Gasteiger partial charge in [-0.15, -0.1) is 0 Å². The third-order valence-corrected chi connectivity index (χ3v) is 3.13. The highest BCUT2D eigenvalue weighted by molar-refractivity contribution is 6.01. The van der Waals surface area contributed by atoms with Gasteiger partial charge in [0, 0.05) is 18.7 Å². The van der Waals surface area contributed by atoms with Gasteiger partial charge in [-0.2, -0.15) is 0 Å². The van der Waals surface area contributed by atoms with Crippen LogP contribution in [0.2, 0.25) is 0 Å². The molecule has 0 bridgehead atoms. The average Bonchev–Trinajstić information content (AvgIpc) is 2.41. The fraction of sp³-hybridized carbons (Fsp3) is 0.385. The van der Waals surface area contributed by atoms with Gasteiger partial charge in [0.1, 0.15) is 6.04 Å². The Morgan fingerprint density at radius 2 is 1.79 bits per heavy atom. The molecule has 0 spiro atoms. The van der Waals surface area contributed by atoms with Crippen molar-refractivity contribution in [3.63, 3.8) is 0 Å². The van der Waals surface area contributed by atoms with E-state index in [0.717, 1.165) is 0 Å². The zero-order valence-corrected chi connectivity index (χ0v) is 11.5. The smallest absolute Gasteiger partial charge is 0.273 e. The van der Waals surface area contributed by atoms with Gasteiger partial charge < -0.3 is 11.9 Å². The number of amides is 2. The molecule has 0 saturated carbocycles. The zero-order valence-electron chi connectivity index (χ0n) is 11.5. The molecule has 1 atom stereocenters. The molecule has 1 aromatic carbocycles. The maximum atomic E-state index is 12.5. The standard InChI is InChI=1S/C13H17N3O2.H3N/c1-8(2)16-12(17)10-7-5-4-6-9(10)11(14)13(18)15(16)3;/h4-8,11H,14H2,1-3H3;1H3. The van der Waals surface area contributed by atoms with Crippen LogP contribution in [0.4, 0.5) is 0 Å². The molecule has 0 radical (unpaired) electrons. The largest absolute Gasteiger partial charge is 0.344 e. The van der Waals surface area contributed by atoms with Crippen LogP contribution < -0.4 is 11.9 Å². The Hall–Kier alpha value is -1.92. The second-order valence-corrected chi connectivity index (χ2v) is 4.67. The monoisotopic (exact) mass is 264 g/mol. The summed E-state index contributed by atoms with van der Waals surface area (Å²) < 4.78 is 0. The quantitative estimate of drug-likeness (QED) is 0.792. The van der Waals surface area contributed by atoms with Gasteiger partial charge in [0.2, 0.25) is 0 Å². The van der Waals surface area contributed by atoms with Crippen LogP contribution in [0.3, 0.4) is 0 Å². The molecule has 0 saturated heterocycles. The van der Waals surface area contributed by atoms with E-state index in [9.17, 15) is 9.59 Å². The van der Waals surface area contributed by atoms with E-state index in [2.05, 4.69) is 0 Å². The number of likely N-dealkylation sites (N-methyl/N-ethyl adjacent to an activating group) is 1. The highest BCUT2D eigenvalue weighted by Gasteiger charge is 2.36. The number of benzene rings is 1. The molecular weight excluding hydrogens is 244 g/mol. The Morgan fingerprint density at radius 1 is 1.21 bits per heavy atom. The summed E-state index contributed by atoms with van der Waals surface area (Å²) in [7, 11) is 1.58. The van der Waals surface area contributed by atoms with Crippen LogP contribution in [0.5, 0.6) is 0 Å². The minimum Gasteiger partial charge on any atom is -0.344 e. The van der Waals surface area contributed by atoms with Gasteiger partial charge in [-0.3, -0.25) is 14.6 Å². The number of nitrogens with zero attached hydrogens (tertiary/aromatic N) is 2. The van der Waals surface area contributed by atoms with Crippen LogP contribution in [0.15, 0.2) is 24.3 Å². The van der Waals surface area contributed by atoms with E-state index in [1.807, 2.05) is 13.8 Å². The Bertz CT molecular complexity index is 501. The van der Waals surface area contributed by atoms with E-state index in [-0.39, 0.29) is 24.0 Å². The molecule has 0 aromatic heterocycles. The van der Waals surface area contributed by atoms with Crippen LogP contribution in [0.1, 0.15) is 35.8 Å². The highest BCUT2D eigenvalue weighted by Crippen LogP contribution is 2.25. The minimum absolute atomic E-state index is 0. The van der Waals surface area contributed by atoms with E-state index in [1.54, 1.807) is 31.3 Å². The normalized spacial score (nSPS) is 19.1. The second-order valence-electron chi connectivity index (χ2n) is 4.67. The van der Waals surface area contributed by atoms with Gasteiger partial charge >= 0.3 is 0 Å². The predicted octanol–water partition coefficient (Wildman–Crippen LogP) is 1.09. The van der Waals surface area contributed by atoms with Crippen molar-refractivity contribution >= 4 is 11.8 Å². The van der Waals surface area contributed by atoms with Crippen molar-refractivity contribution in [2.24, 2.45) is 5.73 Å². The summed E-state index contributed by atoms with van der Waals surface area (Å²) in [6.45, 7) is 3.72. The van der Waals surface area contributed by atoms with Gasteiger partial charge in [-0.1, -0.05) is 18.2 Å². The number of fused-ring (bicyclic) bond motifs is 1. The van der Waals surface area contributed by atoms with Gasteiger partial charge in [0.15, 0.2) is 0 Å². The molecule has 6 heteroatoms. The van der Waals surface area contributed by atoms with Gasteiger partial charge in [-0.25, -0.2) is 5.01 Å². The van der Waals surface area contributed by atoms with Gasteiger partial charge in [0.05, 0.1) is 0 Å². The van der Waals surface area contributed by atoms with Crippen LogP contribution in [-0.2, 0) is 4.79 Å². The molecule has 1 heterocycles. The third kappa shape index (κ3) is 2.32. The average molecular weight is 264 g/mol. The molecule has 19 heavy (non-hydrogen) atoms. The number of nitrogens with two attached hydrogens (primary N) is 1. The first-order valence-electron chi connectivity index (χ1n) is 5.90. The second kappa shape index (κ2) is 5.38. The van der Waals surface area contributed by atoms with Crippen LogP contribution >= 0.6 is 0 Å². The van der Waals surface area contributed by atoms with Crippen molar-refractivity contribution < 1.29 is 9.59 Å². The van der Waals surface area contributed by atoms with E-state index in [4.69, 9.17) is 5.73 Å². The molecule has 5 N–H and O–H groups in total. The van der Waals surface area contributed by atoms with Crippen molar-refractivity contribution in [3.8, 4) is 0 Å². The maximum absolute atomic E-state index is 12.5. The predicted molar refractivity (Wildman–Crippen MR) is 72.5 cm³/mol. The first kappa shape index (κ1) is 15.1. The molecule has 0 fully saturated rings. The SMILES string of the molecule is CC(C)N1C(=O)c2ccccc2C(N)C(=O)N1C.N. The van der Waals surface area contributed by atoms with Crippen LogP contribution in [-0.4, -0.2) is 34.9 Å². The molecule has 104 valence electrons. The van der Waals surface area contributed by atoms with E-state index >= 15 is 0 Å². The van der Waals surface area contributed by atoms with Crippen LogP contribution in [0.25, 0.3) is 0 Å². The van der Waals surface area contributed by atoms with Crippen molar-refractivity contribution in [1.82, 2.24) is 16.2 Å². The molecule has 2 rings (SSSR count). The minimum atomic E-state index is -0.793. The summed E-state index contributed by atoms with van der Waals surface area (Å²) in [5.41, 5.74) is 7.02. The Morgan fingerprint density at radius 3 is 2.37 bits per heavy atom. The number of hydrazine groups is 1. The molecule has 2 amide bonds.